The minimum Gasteiger partial charge on any atom is -0.481 e. The zero-order chi connectivity index (χ0) is 16.3. The number of nitrogens with zero attached hydrogens (tertiary/aromatic N) is 1. The zero-order valence-electron chi connectivity index (χ0n) is 13.4. The second kappa shape index (κ2) is 7.11. The van der Waals surface area contributed by atoms with Gasteiger partial charge >= 0.3 is 5.97 Å². The summed E-state index contributed by atoms with van der Waals surface area (Å²) >= 11 is 0. The maximum Gasteiger partial charge on any atom is 0.306 e. The highest BCUT2D eigenvalue weighted by atomic mass is 16.4. The molecule has 6 heteroatoms. The van der Waals surface area contributed by atoms with Gasteiger partial charge in [0.25, 0.3) is 0 Å². The average Bonchev–Trinajstić information content (AvgIpc) is 2.95. The first kappa shape index (κ1) is 16.8. The number of carbonyl (C=O) groups is 3. The molecule has 1 aliphatic carbocycles. The van der Waals surface area contributed by atoms with Crippen LogP contribution >= 0.6 is 0 Å². The van der Waals surface area contributed by atoms with Gasteiger partial charge in [0.1, 0.15) is 0 Å². The lowest BCUT2D eigenvalue weighted by Gasteiger charge is -2.33. The largest absolute Gasteiger partial charge is 0.481 e. The Labute approximate surface area is 131 Å². The van der Waals surface area contributed by atoms with Crippen molar-refractivity contribution in [2.75, 3.05) is 13.1 Å². The minimum atomic E-state index is -0.766. The third-order valence-corrected chi connectivity index (χ3v) is 4.80. The smallest absolute Gasteiger partial charge is 0.306 e. The SMILES string of the molecule is CC(C)C(=O)N1CCC(C(=O)N[C@H]2CC[C@@H](C(=O)O)C2)CC1. The molecule has 2 atom stereocenters. The van der Waals surface area contributed by atoms with E-state index >= 15 is 0 Å². The van der Waals surface area contributed by atoms with E-state index in [9.17, 15) is 14.4 Å². The molecule has 0 unspecified atom stereocenters. The Hall–Kier alpha value is -1.59. The van der Waals surface area contributed by atoms with Gasteiger partial charge in [0.15, 0.2) is 0 Å². The van der Waals surface area contributed by atoms with E-state index in [0.29, 0.717) is 38.8 Å². The maximum atomic E-state index is 12.3. The van der Waals surface area contributed by atoms with Crippen LogP contribution in [0.1, 0.15) is 46.0 Å². The molecule has 2 N–H and O–H groups in total. The Bertz CT molecular complexity index is 441. The van der Waals surface area contributed by atoms with E-state index < -0.39 is 5.97 Å². The predicted octanol–water partition coefficient (Wildman–Crippen LogP) is 1.25. The number of hydrogen-bond donors (Lipinski definition) is 2. The number of aliphatic carboxylic acids is 1. The molecule has 1 saturated carbocycles. The molecule has 6 nitrogen and oxygen atoms in total. The highest BCUT2D eigenvalue weighted by Gasteiger charge is 2.33. The van der Waals surface area contributed by atoms with Crippen molar-refractivity contribution < 1.29 is 19.5 Å². The molecule has 2 aliphatic rings. The molecule has 1 aliphatic heterocycles. The van der Waals surface area contributed by atoms with Gasteiger partial charge in [-0.15, -0.1) is 0 Å². The molecule has 2 fully saturated rings. The Morgan fingerprint density at radius 2 is 1.68 bits per heavy atom. The summed E-state index contributed by atoms with van der Waals surface area (Å²) in [6.07, 6.45) is 3.31. The Morgan fingerprint density at radius 1 is 1.05 bits per heavy atom. The molecule has 124 valence electrons. The number of amides is 2. The summed E-state index contributed by atoms with van der Waals surface area (Å²) < 4.78 is 0. The number of rotatable bonds is 4. The lowest BCUT2D eigenvalue weighted by atomic mass is 9.94. The molecule has 1 saturated heterocycles. The summed E-state index contributed by atoms with van der Waals surface area (Å²) in [6.45, 7) is 5.05. The van der Waals surface area contributed by atoms with Crippen LogP contribution in [0.2, 0.25) is 0 Å². The van der Waals surface area contributed by atoms with E-state index in [-0.39, 0.29) is 35.6 Å². The lowest BCUT2D eigenvalue weighted by Crippen LogP contribution is -2.45. The van der Waals surface area contributed by atoms with Crippen molar-refractivity contribution in [3.05, 3.63) is 0 Å². The fourth-order valence-corrected chi connectivity index (χ4v) is 3.38. The number of hydrogen-bond acceptors (Lipinski definition) is 3. The van der Waals surface area contributed by atoms with Crippen molar-refractivity contribution in [2.45, 2.75) is 52.0 Å². The van der Waals surface area contributed by atoms with Crippen molar-refractivity contribution >= 4 is 17.8 Å². The fraction of sp³-hybridized carbons (Fsp3) is 0.812. The van der Waals surface area contributed by atoms with Gasteiger partial charge in [-0.25, -0.2) is 0 Å². The fourth-order valence-electron chi connectivity index (χ4n) is 3.38. The van der Waals surface area contributed by atoms with E-state index in [1.165, 1.54) is 0 Å². The molecule has 0 aromatic heterocycles. The van der Waals surface area contributed by atoms with E-state index in [1.807, 2.05) is 18.7 Å². The van der Waals surface area contributed by atoms with Crippen LogP contribution in [0.4, 0.5) is 0 Å². The summed E-state index contributed by atoms with van der Waals surface area (Å²) in [6, 6.07) is -0.0103. The van der Waals surface area contributed by atoms with Gasteiger partial charge in [0, 0.05) is 31.0 Å². The van der Waals surface area contributed by atoms with Gasteiger partial charge in [-0.3, -0.25) is 14.4 Å². The van der Waals surface area contributed by atoms with Gasteiger partial charge in [-0.1, -0.05) is 13.8 Å². The zero-order valence-corrected chi connectivity index (χ0v) is 13.4. The molecular weight excluding hydrogens is 284 g/mol. The van der Waals surface area contributed by atoms with Crippen molar-refractivity contribution in [1.29, 1.82) is 0 Å². The van der Waals surface area contributed by atoms with Crippen molar-refractivity contribution in [2.24, 2.45) is 17.8 Å². The predicted molar refractivity (Wildman–Crippen MR) is 81.0 cm³/mol. The molecule has 22 heavy (non-hydrogen) atoms. The molecule has 0 aromatic carbocycles. The molecule has 0 bridgehead atoms. The number of nitrogens with one attached hydrogen (secondary N) is 1. The molecule has 1 heterocycles. The third-order valence-electron chi connectivity index (χ3n) is 4.80. The number of carboxylic acid groups (broad SMARTS) is 1. The normalized spacial score (nSPS) is 26.2. The first-order valence-electron chi connectivity index (χ1n) is 8.20. The Balaban J connectivity index is 1.76. The highest BCUT2D eigenvalue weighted by molar-refractivity contribution is 5.81. The summed E-state index contributed by atoms with van der Waals surface area (Å²) in [5.41, 5.74) is 0. The van der Waals surface area contributed by atoms with Crippen LogP contribution in [0.15, 0.2) is 0 Å². The summed E-state index contributed by atoms with van der Waals surface area (Å²) in [5.74, 6) is -0.975. The molecular formula is C16H26N2O4. The number of piperidine rings is 1. The average molecular weight is 310 g/mol. The Morgan fingerprint density at radius 3 is 2.18 bits per heavy atom. The third kappa shape index (κ3) is 3.99. The second-order valence-corrected chi connectivity index (χ2v) is 6.81. The van der Waals surface area contributed by atoms with Crippen LogP contribution < -0.4 is 5.32 Å². The summed E-state index contributed by atoms with van der Waals surface area (Å²) in [4.78, 5) is 37.0. The maximum absolute atomic E-state index is 12.3. The van der Waals surface area contributed by atoms with Crippen molar-refractivity contribution in [1.82, 2.24) is 10.2 Å². The standard InChI is InChI=1S/C16H26N2O4/c1-10(2)15(20)18-7-5-11(6-8-18)14(19)17-13-4-3-12(9-13)16(21)22/h10-13H,3-9H2,1-2H3,(H,17,19)(H,21,22)/t12-,13+/m1/s1. The number of likely N-dealkylation sites (tertiary alicyclic amines) is 1. The van der Waals surface area contributed by atoms with Crippen LogP contribution in [0, 0.1) is 17.8 Å². The van der Waals surface area contributed by atoms with Crippen LogP contribution in [0.3, 0.4) is 0 Å². The topological polar surface area (TPSA) is 86.7 Å². The van der Waals surface area contributed by atoms with Crippen LogP contribution in [-0.2, 0) is 14.4 Å². The van der Waals surface area contributed by atoms with Crippen molar-refractivity contribution in [3.63, 3.8) is 0 Å². The van der Waals surface area contributed by atoms with E-state index in [1.54, 1.807) is 0 Å². The van der Waals surface area contributed by atoms with Crippen LogP contribution in [0.5, 0.6) is 0 Å². The molecule has 2 rings (SSSR count). The Kier molecular flexibility index (Phi) is 5.42. The number of carboxylic acids is 1. The van der Waals surface area contributed by atoms with E-state index in [4.69, 9.17) is 5.11 Å². The molecule has 0 spiro atoms. The summed E-state index contributed by atoms with van der Waals surface area (Å²) in [7, 11) is 0. The van der Waals surface area contributed by atoms with Gasteiger partial charge in [-0.2, -0.15) is 0 Å². The monoisotopic (exact) mass is 310 g/mol. The number of carbonyl (C=O) groups excluding carboxylic acids is 2. The van der Waals surface area contributed by atoms with Crippen LogP contribution in [-0.4, -0.2) is 46.9 Å². The highest BCUT2D eigenvalue weighted by Crippen LogP contribution is 2.27. The molecule has 2 amide bonds. The van der Waals surface area contributed by atoms with Crippen LogP contribution in [0.25, 0.3) is 0 Å². The van der Waals surface area contributed by atoms with Gasteiger partial charge < -0.3 is 15.3 Å². The van der Waals surface area contributed by atoms with E-state index in [2.05, 4.69) is 5.32 Å². The quantitative estimate of drug-likeness (QED) is 0.818. The lowest BCUT2D eigenvalue weighted by molar-refractivity contribution is -0.141. The van der Waals surface area contributed by atoms with Crippen molar-refractivity contribution in [3.8, 4) is 0 Å². The van der Waals surface area contributed by atoms with E-state index in [0.717, 1.165) is 6.42 Å². The minimum absolute atomic E-state index is 0.00295. The van der Waals surface area contributed by atoms with Gasteiger partial charge in [0.05, 0.1) is 5.92 Å². The molecule has 0 aromatic rings. The first-order valence-corrected chi connectivity index (χ1v) is 8.20. The van der Waals surface area contributed by atoms with Gasteiger partial charge in [-0.05, 0) is 32.1 Å². The van der Waals surface area contributed by atoms with Gasteiger partial charge in [0.2, 0.25) is 11.8 Å². The summed E-state index contributed by atoms with van der Waals surface area (Å²) in [5, 5.41) is 12.0. The molecule has 0 radical (unpaired) electrons. The second-order valence-electron chi connectivity index (χ2n) is 6.81. The first-order chi connectivity index (χ1) is 10.4.